The van der Waals surface area contributed by atoms with Gasteiger partial charge in [0.15, 0.2) is 0 Å². The van der Waals surface area contributed by atoms with Crippen molar-refractivity contribution in [1.29, 1.82) is 0 Å². The summed E-state index contributed by atoms with van der Waals surface area (Å²) < 4.78 is 0. The zero-order chi connectivity index (χ0) is 8.41. The molecule has 0 aliphatic rings. The number of hydrogen-bond donors (Lipinski definition) is 1. The minimum absolute atomic E-state index is 0.719. The zero-order valence-corrected chi connectivity index (χ0v) is 7.72. The summed E-state index contributed by atoms with van der Waals surface area (Å²) in [4.78, 5) is 0. The third kappa shape index (κ3) is 15.7. The average molecular weight is 147 g/mol. The van der Waals surface area contributed by atoms with Crippen LogP contribution in [0.5, 0.6) is 0 Å². The van der Waals surface area contributed by atoms with Gasteiger partial charge in [-0.15, -0.1) is 0 Å². The third-order valence-corrected chi connectivity index (χ3v) is 1.23. The maximum atomic E-state index is 8.50. The molecule has 0 fully saturated rings. The van der Waals surface area contributed by atoms with Crippen LogP contribution in [0.25, 0.3) is 0 Å². The van der Waals surface area contributed by atoms with E-state index in [9.17, 15) is 0 Å². The van der Waals surface area contributed by atoms with E-state index in [4.69, 9.17) is 5.21 Å². The Morgan fingerprint density at radius 2 is 1.20 bits per heavy atom. The van der Waals surface area contributed by atoms with Gasteiger partial charge in [-0.05, 0) is 0 Å². The van der Waals surface area contributed by atoms with Gasteiger partial charge in [0.25, 0.3) is 0 Å². The van der Waals surface area contributed by atoms with E-state index in [1.807, 2.05) is 13.8 Å². The van der Waals surface area contributed by atoms with Crippen LogP contribution < -0.4 is 0 Å². The van der Waals surface area contributed by atoms with E-state index in [1.165, 1.54) is 17.9 Å². The van der Waals surface area contributed by atoms with Crippen LogP contribution in [0, 0.1) is 0 Å². The fourth-order valence-electron chi connectivity index (χ4n) is 0.224. The molecule has 0 aliphatic heterocycles. The number of unbranched alkanes of at least 4 members (excludes halogenated alkanes) is 1. The normalized spacial score (nSPS) is 9.00. The van der Waals surface area contributed by atoms with Gasteiger partial charge in [0, 0.05) is 13.1 Å². The van der Waals surface area contributed by atoms with Crippen LogP contribution in [0.15, 0.2) is 0 Å². The summed E-state index contributed by atoms with van der Waals surface area (Å²) in [6.45, 7) is 9.61. The Morgan fingerprint density at radius 1 is 0.900 bits per heavy atom. The first-order valence-electron chi connectivity index (χ1n) is 4.16. The Labute approximate surface area is 64.8 Å². The molecule has 0 radical (unpaired) electrons. The van der Waals surface area contributed by atoms with Gasteiger partial charge in [-0.25, -0.2) is 0 Å². The standard InChI is InChI=1S/C4H11NO.C4H10/c1-3-5(6)4-2;1-3-4-2/h6H,3-4H2,1-2H3;3-4H2,1-2H3. The summed E-state index contributed by atoms with van der Waals surface area (Å²) in [5, 5.41) is 9.75. The first-order valence-corrected chi connectivity index (χ1v) is 4.16. The number of hydrogen-bond acceptors (Lipinski definition) is 2. The molecule has 0 aromatic rings. The van der Waals surface area contributed by atoms with Crippen LogP contribution in [0.1, 0.15) is 40.5 Å². The summed E-state index contributed by atoms with van der Waals surface area (Å²) in [6, 6.07) is 0. The van der Waals surface area contributed by atoms with Crippen molar-refractivity contribution in [1.82, 2.24) is 5.06 Å². The van der Waals surface area contributed by atoms with E-state index in [2.05, 4.69) is 13.8 Å². The Morgan fingerprint density at radius 3 is 1.20 bits per heavy atom. The van der Waals surface area contributed by atoms with Crippen LogP contribution >= 0.6 is 0 Å². The molecule has 0 spiro atoms. The maximum absolute atomic E-state index is 8.50. The molecule has 64 valence electrons. The Kier molecular flexibility index (Phi) is 14.7. The van der Waals surface area contributed by atoms with E-state index in [1.54, 1.807) is 0 Å². The Hall–Kier alpha value is -0.0800. The van der Waals surface area contributed by atoms with Gasteiger partial charge in [-0.1, -0.05) is 40.5 Å². The molecule has 2 heteroatoms. The zero-order valence-electron chi connectivity index (χ0n) is 7.72. The topological polar surface area (TPSA) is 23.5 Å². The molecule has 0 unspecified atom stereocenters. The van der Waals surface area contributed by atoms with E-state index in [0.29, 0.717) is 0 Å². The maximum Gasteiger partial charge on any atom is 0.0209 e. The second kappa shape index (κ2) is 11.7. The van der Waals surface area contributed by atoms with Crippen molar-refractivity contribution in [2.24, 2.45) is 0 Å². The van der Waals surface area contributed by atoms with Gasteiger partial charge >= 0.3 is 0 Å². The summed E-state index contributed by atoms with van der Waals surface area (Å²) in [5.74, 6) is 0. The van der Waals surface area contributed by atoms with Gasteiger partial charge < -0.3 is 5.21 Å². The molecule has 0 aliphatic carbocycles. The lowest BCUT2D eigenvalue weighted by Gasteiger charge is -2.05. The highest BCUT2D eigenvalue weighted by molar-refractivity contribution is 4.26. The molecule has 10 heavy (non-hydrogen) atoms. The summed E-state index contributed by atoms with van der Waals surface area (Å²) >= 11 is 0. The van der Waals surface area contributed by atoms with Gasteiger partial charge in [0.05, 0.1) is 0 Å². The highest BCUT2D eigenvalue weighted by atomic mass is 16.5. The Balaban J connectivity index is 0. The fourth-order valence-corrected chi connectivity index (χ4v) is 0.224. The first kappa shape index (κ1) is 12.6. The third-order valence-electron chi connectivity index (χ3n) is 1.23. The van der Waals surface area contributed by atoms with Gasteiger partial charge in [0.1, 0.15) is 0 Å². The smallest absolute Gasteiger partial charge is 0.0209 e. The molecule has 2 nitrogen and oxygen atoms in total. The van der Waals surface area contributed by atoms with Crippen molar-refractivity contribution in [3.8, 4) is 0 Å². The fraction of sp³-hybridized carbons (Fsp3) is 1.00. The predicted octanol–water partition coefficient (Wildman–Crippen LogP) is 2.52. The van der Waals surface area contributed by atoms with Gasteiger partial charge in [0.2, 0.25) is 0 Å². The van der Waals surface area contributed by atoms with Crippen molar-refractivity contribution >= 4 is 0 Å². The number of nitrogens with zero attached hydrogens (tertiary/aromatic N) is 1. The molecule has 0 aromatic carbocycles. The molecule has 0 heterocycles. The molecule has 0 rings (SSSR count). The molecule has 0 amide bonds. The van der Waals surface area contributed by atoms with Crippen molar-refractivity contribution in [2.75, 3.05) is 13.1 Å². The molecule has 0 bridgehead atoms. The average Bonchev–Trinajstić information content (AvgIpc) is 2.03. The highest BCUT2D eigenvalue weighted by Crippen LogP contribution is 1.76. The molecule has 0 aromatic heterocycles. The van der Waals surface area contributed by atoms with Crippen molar-refractivity contribution in [3.05, 3.63) is 0 Å². The summed E-state index contributed by atoms with van der Waals surface area (Å²) in [5.41, 5.74) is 0. The van der Waals surface area contributed by atoms with E-state index >= 15 is 0 Å². The number of rotatable bonds is 3. The van der Waals surface area contributed by atoms with E-state index in [-0.39, 0.29) is 0 Å². The second-order valence-corrected chi connectivity index (χ2v) is 2.14. The summed E-state index contributed by atoms with van der Waals surface area (Å²) in [6.07, 6.45) is 2.64. The monoisotopic (exact) mass is 147 g/mol. The van der Waals surface area contributed by atoms with Crippen LogP contribution in [-0.4, -0.2) is 23.4 Å². The Bertz CT molecular complexity index is 42.5. The van der Waals surface area contributed by atoms with Gasteiger partial charge in [-0.3, -0.25) is 0 Å². The molecule has 0 saturated carbocycles. The molecule has 0 atom stereocenters. The van der Waals surface area contributed by atoms with Crippen molar-refractivity contribution in [3.63, 3.8) is 0 Å². The minimum Gasteiger partial charge on any atom is -0.314 e. The van der Waals surface area contributed by atoms with Gasteiger partial charge in [-0.2, -0.15) is 5.06 Å². The van der Waals surface area contributed by atoms with E-state index < -0.39 is 0 Å². The van der Waals surface area contributed by atoms with Crippen LogP contribution in [0.3, 0.4) is 0 Å². The largest absolute Gasteiger partial charge is 0.314 e. The van der Waals surface area contributed by atoms with E-state index in [0.717, 1.165) is 13.1 Å². The lowest BCUT2D eigenvalue weighted by Crippen LogP contribution is -2.16. The van der Waals surface area contributed by atoms with Crippen LogP contribution in [0.2, 0.25) is 0 Å². The SMILES string of the molecule is CCCC.CCN(O)CC. The lowest BCUT2D eigenvalue weighted by molar-refractivity contribution is -0.0813. The first-order chi connectivity index (χ1) is 4.72. The highest BCUT2D eigenvalue weighted by Gasteiger charge is 1.84. The molecule has 1 N–H and O–H groups in total. The lowest BCUT2D eigenvalue weighted by atomic mass is 10.4. The molecular weight excluding hydrogens is 126 g/mol. The quantitative estimate of drug-likeness (QED) is 0.620. The van der Waals surface area contributed by atoms with Crippen molar-refractivity contribution in [2.45, 2.75) is 40.5 Å². The molecule has 0 saturated heterocycles. The summed E-state index contributed by atoms with van der Waals surface area (Å²) in [7, 11) is 0. The predicted molar refractivity (Wildman–Crippen MR) is 45.3 cm³/mol. The van der Waals surface area contributed by atoms with Crippen molar-refractivity contribution < 1.29 is 5.21 Å². The van der Waals surface area contributed by atoms with Crippen LogP contribution in [-0.2, 0) is 0 Å². The molecular formula is C8H21NO. The van der Waals surface area contributed by atoms with Crippen LogP contribution in [0.4, 0.5) is 0 Å². The minimum atomic E-state index is 0.719. The second-order valence-electron chi connectivity index (χ2n) is 2.14. The number of hydroxylamine groups is 2.